The fourth-order valence-electron chi connectivity index (χ4n) is 3.62. The number of rotatable bonds is 8. The van der Waals surface area contributed by atoms with Crippen molar-refractivity contribution in [2.45, 2.75) is 63.3 Å². The van der Waals surface area contributed by atoms with Gasteiger partial charge in [-0.1, -0.05) is 25.2 Å². The van der Waals surface area contributed by atoms with Crippen molar-refractivity contribution >= 4 is 11.6 Å². The van der Waals surface area contributed by atoms with Gasteiger partial charge in [0.25, 0.3) is 0 Å². The van der Waals surface area contributed by atoms with Crippen LogP contribution in [-0.2, 0) is 0 Å². The number of aliphatic hydroxyl groups is 2. The lowest BCUT2D eigenvalue weighted by atomic mass is 9.77. The molecule has 4 N–H and O–H groups in total. The Balaban J connectivity index is 1.69. The highest BCUT2D eigenvalue weighted by molar-refractivity contribution is 6.22. The molecule has 0 bridgehead atoms. The van der Waals surface area contributed by atoms with Crippen LogP contribution in [0.25, 0.3) is 0 Å². The molecule has 6 heteroatoms. The van der Waals surface area contributed by atoms with Gasteiger partial charge in [-0.05, 0) is 56.1 Å². The van der Waals surface area contributed by atoms with Gasteiger partial charge in [0.2, 0.25) is 0 Å². The number of allylic oxidation sites excluding steroid dienone is 4. The fraction of sp³-hybridized carbons (Fsp3) is 0.700. The van der Waals surface area contributed by atoms with Gasteiger partial charge >= 0.3 is 0 Å². The van der Waals surface area contributed by atoms with E-state index in [1.165, 1.54) is 6.92 Å². The highest BCUT2D eigenvalue weighted by Crippen LogP contribution is 2.31. The number of alkyl halides is 1. The number of aliphatic hydroxyl groups excluding tert-OH is 2. The predicted molar refractivity (Wildman–Crippen MR) is 105 cm³/mol. The largest absolute Gasteiger partial charge is 0.390 e. The van der Waals surface area contributed by atoms with Gasteiger partial charge in [0.1, 0.15) is 6.23 Å². The molecule has 2 rings (SSSR count). The van der Waals surface area contributed by atoms with Crippen LogP contribution in [0.2, 0.25) is 0 Å². The Morgan fingerprint density at radius 2 is 2.15 bits per heavy atom. The molecular weight excluding hydrogens is 355 g/mol. The van der Waals surface area contributed by atoms with E-state index in [0.29, 0.717) is 25.4 Å². The van der Waals surface area contributed by atoms with Gasteiger partial charge in [-0.15, -0.1) is 11.6 Å². The minimum absolute atomic E-state index is 0.0150. The SMILES string of the molecule is C/C(F)=C\C1CC(NCC(O)CNC(O)C2=CCC(Cl)C=C2)CC[C@@H]1C. The third kappa shape index (κ3) is 7.12. The van der Waals surface area contributed by atoms with Crippen LogP contribution < -0.4 is 10.6 Å². The van der Waals surface area contributed by atoms with E-state index >= 15 is 0 Å². The maximum atomic E-state index is 13.2. The zero-order valence-electron chi connectivity index (χ0n) is 15.7. The number of hydrogen-bond donors (Lipinski definition) is 4. The quantitative estimate of drug-likeness (QED) is 0.382. The van der Waals surface area contributed by atoms with Gasteiger partial charge in [-0.25, -0.2) is 4.39 Å². The summed E-state index contributed by atoms with van der Waals surface area (Å²) in [5, 5.41) is 26.6. The first-order valence-corrected chi connectivity index (χ1v) is 9.98. The first-order chi connectivity index (χ1) is 12.3. The Morgan fingerprint density at radius 3 is 2.81 bits per heavy atom. The van der Waals surface area contributed by atoms with Crippen molar-refractivity contribution in [2.24, 2.45) is 11.8 Å². The summed E-state index contributed by atoms with van der Waals surface area (Å²) >= 11 is 5.97. The van der Waals surface area contributed by atoms with Crippen LogP contribution in [0.5, 0.6) is 0 Å². The second-order valence-corrected chi connectivity index (χ2v) is 8.15. The minimum atomic E-state index is -0.803. The van der Waals surface area contributed by atoms with E-state index in [1.807, 2.05) is 18.2 Å². The molecule has 4 nitrogen and oxygen atoms in total. The predicted octanol–water partition coefficient (Wildman–Crippen LogP) is 3.02. The van der Waals surface area contributed by atoms with Crippen molar-refractivity contribution < 1.29 is 14.6 Å². The molecule has 2 aliphatic rings. The zero-order valence-corrected chi connectivity index (χ0v) is 16.4. The van der Waals surface area contributed by atoms with Crippen LogP contribution in [0.3, 0.4) is 0 Å². The second kappa shape index (κ2) is 10.6. The van der Waals surface area contributed by atoms with Crippen LogP contribution in [0.4, 0.5) is 4.39 Å². The lowest BCUT2D eigenvalue weighted by Gasteiger charge is -2.33. The second-order valence-electron chi connectivity index (χ2n) is 7.59. The first-order valence-electron chi connectivity index (χ1n) is 9.54. The van der Waals surface area contributed by atoms with E-state index in [2.05, 4.69) is 17.6 Å². The third-order valence-corrected chi connectivity index (χ3v) is 5.61. The van der Waals surface area contributed by atoms with Crippen molar-refractivity contribution in [3.63, 3.8) is 0 Å². The van der Waals surface area contributed by atoms with E-state index in [9.17, 15) is 14.6 Å². The Labute approximate surface area is 161 Å². The fourth-order valence-corrected chi connectivity index (χ4v) is 3.79. The molecule has 0 heterocycles. The summed E-state index contributed by atoms with van der Waals surface area (Å²) in [6, 6.07) is 0.288. The molecule has 148 valence electrons. The number of nitrogens with one attached hydrogen (secondary N) is 2. The molecule has 0 radical (unpaired) electrons. The van der Waals surface area contributed by atoms with Crippen molar-refractivity contribution in [3.05, 3.63) is 35.7 Å². The summed E-state index contributed by atoms with van der Waals surface area (Å²) in [5.74, 6) is 0.622. The Bertz CT molecular complexity index is 534. The summed E-state index contributed by atoms with van der Waals surface area (Å²) in [4.78, 5) is 0. The average molecular weight is 387 g/mol. The molecule has 1 saturated carbocycles. The van der Waals surface area contributed by atoms with Crippen LogP contribution in [0.15, 0.2) is 35.7 Å². The van der Waals surface area contributed by atoms with Gasteiger partial charge in [0.05, 0.1) is 17.3 Å². The average Bonchev–Trinajstić information content (AvgIpc) is 2.60. The third-order valence-electron chi connectivity index (χ3n) is 5.28. The Hall–Kier alpha value is -0.720. The van der Waals surface area contributed by atoms with Gasteiger partial charge in [-0.2, -0.15) is 0 Å². The molecule has 0 aliphatic heterocycles. The first kappa shape index (κ1) is 21.6. The molecule has 1 fully saturated rings. The monoisotopic (exact) mass is 386 g/mol. The minimum Gasteiger partial charge on any atom is -0.390 e. The van der Waals surface area contributed by atoms with E-state index in [4.69, 9.17) is 11.6 Å². The van der Waals surface area contributed by atoms with E-state index in [-0.39, 0.29) is 23.2 Å². The van der Waals surface area contributed by atoms with Gasteiger partial charge < -0.3 is 15.5 Å². The molecule has 0 aromatic carbocycles. The van der Waals surface area contributed by atoms with Crippen molar-refractivity contribution in [2.75, 3.05) is 13.1 Å². The lowest BCUT2D eigenvalue weighted by Crippen LogP contribution is -2.44. The van der Waals surface area contributed by atoms with E-state index in [0.717, 1.165) is 24.8 Å². The van der Waals surface area contributed by atoms with E-state index in [1.54, 1.807) is 6.08 Å². The van der Waals surface area contributed by atoms with Gasteiger partial charge in [0.15, 0.2) is 0 Å². The molecule has 0 aromatic heterocycles. The van der Waals surface area contributed by atoms with Crippen LogP contribution in [0, 0.1) is 11.8 Å². The van der Waals surface area contributed by atoms with Gasteiger partial charge in [0, 0.05) is 19.1 Å². The van der Waals surface area contributed by atoms with Crippen LogP contribution in [-0.4, -0.2) is 47.1 Å². The van der Waals surface area contributed by atoms with Crippen LogP contribution in [0.1, 0.15) is 39.5 Å². The van der Waals surface area contributed by atoms with Crippen molar-refractivity contribution in [1.82, 2.24) is 10.6 Å². The molecule has 5 unspecified atom stereocenters. The smallest absolute Gasteiger partial charge is 0.130 e. The Morgan fingerprint density at radius 1 is 1.38 bits per heavy atom. The van der Waals surface area contributed by atoms with E-state index < -0.39 is 12.3 Å². The molecule has 0 amide bonds. The summed E-state index contributed by atoms with van der Waals surface area (Å²) in [6.07, 6.45) is 9.58. The standard InChI is InChI=1S/C20H32ClFN2O2/c1-13-3-8-18(10-16(13)9-14(2)22)23-11-19(25)12-24-20(26)15-4-6-17(21)7-5-15/h4-6,9,13,16-20,23-26H,3,7-8,10-12H2,1-2H3/b14-9+/t13-,16?,17?,18?,19?,20?/m0/s1. The molecule has 0 spiro atoms. The highest BCUT2D eigenvalue weighted by Gasteiger charge is 2.26. The van der Waals surface area contributed by atoms with Crippen LogP contribution >= 0.6 is 11.6 Å². The summed E-state index contributed by atoms with van der Waals surface area (Å²) < 4.78 is 13.2. The number of hydrogen-bond acceptors (Lipinski definition) is 4. The molecule has 0 saturated heterocycles. The van der Waals surface area contributed by atoms with Crippen molar-refractivity contribution in [3.8, 4) is 0 Å². The number of halogens is 2. The highest BCUT2D eigenvalue weighted by atomic mass is 35.5. The van der Waals surface area contributed by atoms with Crippen molar-refractivity contribution in [1.29, 1.82) is 0 Å². The molecule has 2 aliphatic carbocycles. The maximum absolute atomic E-state index is 13.2. The molecular formula is C20H32ClFN2O2. The Kier molecular flexibility index (Phi) is 8.77. The molecule has 0 aromatic rings. The molecule has 26 heavy (non-hydrogen) atoms. The normalized spacial score (nSPS) is 32.2. The maximum Gasteiger partial charge on any atom is 0.130 e. The van der Waals surface area contributed by atoms with Gasteiger partial charge in [-0.3, -0.25) is 5.32 Å². The summed E-state index contributed by atoms with van der Waals surface area (Å²) in [7, 11) is 0. The topological polar surface area (TPSA) is 64.5 Å². The lowest BCUT2D eigenvalue weighted by molar-refractivity contribution is 0.117. The summed E-state index contributed by atoms with van der Waals surface area (Å²) in [5.41, 5.74) is 0.777. The molecule has 6 atom stereocenters. The summed E-state index contributed by atoms with van der Waals surface area (Å²) in [6.45, 7) is 4.40. The zero-order chi connectivity index (χ0) is 19.1.